The summed E-state index contributed by atoms with van der Waals surface area (Å²) in [4.78, 5) is 2.20. The van der Waals surface area contributed by atoms with E-state index in [1.165, 1.54) is 0 Å². The van der Waals surface area contributed by atoms with Crippen LogP contribution in [0.2, 0.25) is 0 Å². The number of nitrogen functional groups attached to an aromatic ring is 2. The van der Waals surface area contributed by atoms with Crippen LogP contribution in [-0.4, -0.2) is 6.61 Å². The van der Waals surface area contributed by atoms with Gasteiger partial charge >= 0.3 is 0 Å². The monoisotopic (exact) mass is 288 g/mol. The first-order chi connectivity index (χ1) is 9.69. The van der Waals surface area contributed by atoms with Gasteiger partial charge in [0.05, 0.1) is 11.5 Å². The summed E-state index contributed by atoms with van der Waals surface area (Å²) in [5, 5.41) is 0. The number of benzene rings is 2. The van der Waals surface area contributed by atoms with E-state index in [1.54, 1.807) is 11.8 Å². The van der Waals surface area contributed by atoms with E-state index in [0.717, 1.165) is 46.4 Å². The van der Waals surface area contributed by atoms with Crippen molar-refractivity contribution >= 4 is 23.1 Å². The maximum atomic E-state index is 5.84. The first-order valence-electron chi connectivity index (χ1n) is 6.74. The molecule has 0 radical (unpaired) electrons. The van der Waals surface area contributed by atoms with E-state index in [0.29, 0.717) is 0 Å². The summed E-state index contributed by atoms with van der Waals surface area (Å²) >= 11 is 1.65. The third-order valence-electron chi connectivity index (χ3n) is 2.83. The third kappa shape index (κ3) is 4.10. The highest BCUT2D eigenvalue weighted by Gasteiger charge is 2.06. The van der Waals surface area contributed by atoms with Crippen molar-refractivity contribution in [1.82, 2.24) is 0 Å². The molecule has 2 rings (SSSR count). The van der Waals surface area contributed by atoms with Crippen LogP contribution in [0.15, 0.2) is 52.3 Å². The smallest absolute Gasteiger partial charge is 0.135 e. The minimum Gasteiger partial charge on any atom is -0.492 e. The molecule has 0 amide bonds. The van der Waals surface area contributed by atoms with Crippen LogP contribution < -0.4 is 16.2 Å². The van der Waals surface area contributed by atoms with Crippen LogP contribution in [0.1, 0.15) is 19.8 Å². The van der Waals surface area contributed by atoms with Gasteiger partial charge in [-0.2, -0.15) is 0 Å². The fourth-order valence-electron chi connectivity index (χ4n) is 1.71. The minimum absolute atomic E-state index is 0.718. The predicted octanol–water partition coefficient (Wildman–Crippen LogP) is 4.18. The third-order valence-corrected chi connectivity index (χ3v) is 3.90. The van der Waals surface area contributed by atoms with E-state index in [1.807, 2.05) is 42.5 Å². The molecule has 20 heavy (non-hydrogen) atoms. The van der Waals surface area contributed by atoms with Crippen LogP contribution in [0.25, 0.3) is 0 Å². The van der Waals surface area contributed by atoms with Gasteiger partial charge in [-0.05, 0) is 42.8 Å². The summed E-state index contributed by atoms with van der Waals surface area (Å²) in [6.45, 7) is 2.86. The molecule has 0 spiro atoms. The molecule has 0 heterocycles. The number of ether oxygens (including phenoxy) is 1. The summed E-state index contributed by atoms with van der Waals surface area (Å²) in [6, 6.07) is 13.6. The first kappa shape index (κ1) is 14.6. The Kier molecular flexibility index (Phi) is 5.18. The van der Waals surface area contributed by atoms with Crippen molar-refractivity contribution in [2.75, 3.05) is 18.1 Å². The molecule has 2 aromatic carbocycles. The summed E-state index contributed by atoms with van der Waals surface area (Å²) in [6.07, 6.45) is 2.16. The van der Waals surface area contributed by atoms with E-state index in [4.69, 9.17) is 16.2 Å². The predicted molar refractivity (Wildman–Crippen MR) is 86.2 cm³/mol. The van der Waals surface area contributed by atoms with Gasteiger partial charge < -0.3 is 16.2 Å². The van der Waals surface area contributed by atoms with E-state index in [-0.39, 0.29) is 0 Å². The highest BCUT2D eigenvalue weighted by Crippen LogP contribution is 2.36. The maximum absolute atomic E-state index is 5.84. The molecule has 0 bridgehead atoms. The Bertz CT molecular complexity index is 555. The van der Waals surface area contributed by atoms with Crippen LogP contribution in [0, 0.1) is 0 Å². The number of hydrogen-bond acceptors (Lipinski definition) is 4. The number of hydrogen-bond donors (Lipinski definition) is 2. The molecule has 0 saturated heterocycles. The van der Waals surface area contributed by atoms with Crippen LogP contribution in [0.4, 0.5) is 11.4 Å². The second-order valence-electron chi connectivity index (χ2n) is 4.58. The highest BCUT2D eigenvalue weighted by molar-refractivity contribution is 7.99. The maximum Gasteiger partial charge on any atom is 0.135 e. The van der Waals surface area contributed by atoms with Gasteiger partial charge in [-0.25, -0.2) is 0 Å². The van der Waals surface area contributed by atoms with Gasteiger partial charge in [0.1, 0.15) is 5.75 Å². The lowest BCUT2D eigenvalue weighted by atomic mass is 10.3. The molecule has 0 aliphatic rings. The molecule has 2 aromatic rings. The van der Waals surface area contributed by atoms with E-state index in [9.17, 15) is 0 Å². The van der Waals surface area contributed by atoms with Crippen molar-refractivity contribution in [3.63, 3.8) is 0 Å². The second-order valence-corrected chi connectivity index (χ2v) is 5.69. The molecule has 0 aromatic heterocycles. The number of rotatable bonds is 6. The normalized spacial score (nSPS) is 10.4. The zero-order chi connectivity index (χ0) is 14.4. The van der Waals surface area contributed by atoms with Gasteiger partial charge in [-0.15, -0.1) is 0 Å². The lowest BCUT2D eigenvalue weighted by molar-refractivity contribution is 0.302. The Morgan fingerprint density at radius 1 is 1.00 bits per heavy atom. The van der Waals surface area contributed by atoms with Crippen LogP contribution in [0.3, 0.4) is 0 Å². The second kappa shape index (κ2) is 7.10. The molecule has 0 atom stereocenters. The van der Waals surface area contributed by atoms with Gasteiger partial charge in [0, 0.05) is 22.3 Å². The topological polar surface area (TPSA) is 61.3 Å². The van der Waals surface area contributed by atoms with Gasteiger partial charge in [0.15, 0.2) is 0 Å². The molecule has 0 unspecified atom stereocenters. The molecule has 106 valence electrons. The minimum atomic E-state index is 0.718. The van der Waals surface area contributed by atoms with Gasteiger partial charge in [0.25, 0.3) is 0 Å². The van der Waals surface area contributed by atoms with Crippen molar-refractivity contribution in [1.29, 1.82) is 0 Å². The molecule has 4 N–H and O–H groups in total. The first-order valence-corrected chi connectivity index (χ1v) is 7.56. The van der Waals surface area contributed by atoms with Crippen LogP contribution in [0.5, 0.6) is 5.75 Å². The summed E-state index contributed by atoms with van der Waals surface area (Å²) in [5.74, 6) is 0.847. The lowest BCUT2D eigenvalue weighted by Gasteiger charge is -2.12. The summed E-state index contributed by atoms with van der Waals surface area (Å²) < 4.78 is 5.83. The Labute approximate surface area is 124 Å². The average Bonchev–Trinajstić information content (AvgIpc) is 2.44. The Morgan fingerprint density at radius 3 is 2.40 bits per heavy atom. The molecular formula is C16H20N2OS. The van der Waals surface area contributed by atoms with Crippen molar-refractivity contribution < 1.29 is 4.74 Å². The standard InChI is InChI=1S/C16H20N2OS/c1-2-3-10-19-15-11-13(18)6-9-16(15)20-14-7-4-12(17)5-8-14/h4-9,11H,2-3,10,17-18H2,1H3. The van der Waals surface area contributed by atoms with Crippen molar-refractivity contribution in [3.8, 4) is 5.75 Å². The Hall–Kier alpha value is -1.81. The summed E-state index contributed by atoms with van der Waals surface area (Å²) in [7, 11) is 0. The highest BCUT2D eigenvalue weighted by atomic mass is 32.2. The Morgan fingerprint density at radius 2 is 1.70 bits per heavy atom. The fraction of sp³-hybridized carbons (Fsp3) is 0.250. The van der Waals surface area contributed by atoms with Gasteiger partial charge in [0.2, 0.25) is 0 Å². The van der Waals surface area contributed by atoms with Gasteiger partial charge in [-0.3, -0.25) is 0 Å². The van der Waals surface area contributed by atoms with Gasteiger partial charge in [-0.1, -0.05) is 25.1 Å². The SMILES string of the molecule is CCCCOc1cc(N)ccc1Sc1ccc(N)cc1. The van der Waals surface area contributed by atoms with Crippen molar-refractivity contribution in [2.24, 2.45) is 0 Å². The lowest BCUT2D eigenvalue weighted by Crippen LogP contribution is -1.98. The number of unbranched alkanes of at least 4 members (excludes halogenated alkanes) is 1. The quantitative estimate of drug-likeness (QED) is 0.618. The van der Waals surface area contributed by atoms with Crippen molar-refractivity contribution in [3.05, 3.63) is 42.5 Å². The number of anilines is 2. The van der Waals surface area contributed by atoms with E-state index >= 15 is 0 Å². The average molecular weight is 288 g/mol. The van der Waals surface area contributed by atoms with Crippen LogP contribution in [-0.2, 0) is 0 Å². The molecule has 4 heteroatoms. The molecular weight excluding hydrogens is 268 g/mol. The molecule has 0 fully saturated rings. The molecule has 0 aliphatic heterocycles. The zero-order valence-electron chi connectivity index (χ0n) is 11.6. The summed E-state index contributed by atoms with van der Waals surface area (Å²) in [5.41, 5.74) is 13.0. The molecule has 0 saturated carbocycles. The van der Waals surface area contributed by atoms with Crippen molar-refractivity contribution in [2.45, 2.75) is 29.6 Å². The molecule has 3 nitrogen and oxygen atoms in total. The Balaban J connectivity index is 2.15. The largest absolute Gasteiger partial charge is 0.492 e. The van der Waals surface area contributed by atoms with Crippen LogP contribution >= 0.6 is 11.8 Å². The van der Waals surface area contributed by atoms with E-state index < -0.39 is 0 Å². The number of nitrogens with two attached hydrogens (primary N) is 2. The van der Waals surface area contributed by atoms with E-state index in [2.05, 4.69) is 6.92 Å². The fourth-order valence-corrected chi connectivity index (χ4v) is 2.59. The molecule has 0 aliphatic carbocycles. The zero-order valence-corrected chi connectivity index (χ0v) is 12.5.